The molecule has 0 amide bonds. The molecule has 0 aromatic carbocycles. The van der Waals surface area contributed by atoms with Gasteiger partial charge in [-0.15, -0.1) is 0 Å². The minimum Gasteiger partial charge on any atom is -0.338 e. The Hall–Kier alpha value is -1.16. The molecule has 0 radical (unpaired) electrons. The lowest BCUT2D eigenvalue weighted by Gasteiger charge is -2.28. The number of nitrogens with one attached hydrogen (secondary N) is 1. The summed E-state index contributed by atoms with van der Waals surface area (Å²) < 4.78 is 1.99. The van der Waals surface area contributed by atoms with Gasteiger partial charge in [0, 0.05) is 24.8 Å². The van der Waals surface area contributed by atoms with Crippen molar-refractivity contribution in [1.82, 2.24) is 14.9 Å². The maximum absolute atomic E-state index is 10.8. The van der Waals surface area contributed by atoms with E-state index in [9.17, 15) is 4.79 Å². The molecule has 0 aliphatic carbocycles. The highest BCUT2D eigenvalue weighted by Crippen LogP contribution is 2.15. The molecule has 1 saturated heterocycles. The van der Waals surface area contributed by atoms with Gasteiger partial charge >= 0.3 is 0 Å². The highest BCUT2D eigenvalue weighted by molar-refractivity contribution is 4.83. The molecule has 15 heavy (non-hydrogen) atoms. The summed E-state index contributed by atoms with van der Waals surface area (Å²) in [5.74, 6) is 0.658. The summed E-state index contributed by atoms with van der Waals surface area (Å²) in [4.78, 5) is 14.6. The van der Waals surface area contributed by atoms with Crippen molar-refractivity contribution < 1.29 is 0 Å². The number of hydrogen-bond acceptors (Lipinski definition) is 3. The molecule has 0 bridgehead atoms. The van der Waals surface area contributed by atoms with Crippen LogP contribution in [0.25, 0.3) is 0 Å². The standard InChI is InChI=1S/C11H17N3O/c1-9-2-3-10(6-12-9)7-14-5-4-11(15)13-8-14/h4-5,8-10,12H,2-3,6-7H2,1H3. The Morgan fingerprint density at radius 1 is 1.60 bits per heavy atom. The fourth-order valence-electron chi connectivity index (χ4n) is 1.99. The van der Waals surface area contributed by atoms with Crippen molar-refractivity contribution in [2.45, 2.75) is 32.4 Å². The summed E-state index contributed by atoms with van der Waals surface area (Å²) in [6, 6.07) is 2.16. The molecule has 1 aliphatic rings. The molecular formula is C11H17N3O. The second-order valence-corrected chi connectivity index (χ2v) is 4.35. The molecule has 1 aliphatic heterocycles. The molecule has 2 rings (SSSR count). The van der Waals surface area contributed by atoms with Crippen molar-refractivity contribution in [3.05, 3.63) is 28.9 Å². The summed E-state index contributed by atoms with van der Waals surface area (Å²) in [5.41, 5.74) is -0.165. The second-order valence-electron chi connectivity index (χ2n) is 4.35. The molecule has 0 spiro atoms. The van der Waals surface area contributed by atoms with Crippen LogP contribution in [-0.4, -0.2) is 22.1 Å². The van der Waals surface area contributed by atoms with Crippen molar-refractivity contribution in [1.29, 1.82) is 0 Å². The molecule has 1 aromatic rings. The van der Waals surface area contributed by atoms with Crippen LogP contribution in [0.15, 0.2) is 23.4 Å². The Morgan fingerprint density at radius 2 is 2.47 bits per heavy atom. The summed E-state index contributed by atoms with van der Waals surface area (Å²) in [6.07, 6.45) is 5.92. The van der Waals surface area contributed by atoms with E-state index in [1.807, 2.05) is 10.8 Å². The first-order valence-electron chi connectivity index (χ1n) is 5.49. The van der Waals surface area contributed by atoms with Gasteiger partial charge < -0.3 is 9.88 Å². The zero-order valence-corrected chi connectivity index (χ0v) is 9.02. The van der Waals surface area contributed by atoms with Crippen LogP contribution in [0.3, 0.4) is 0 Å². The fraction of sp³-hybridized carbons (Fsp3) is 0.636. The minimum absolute atomic E-state index is 0.165. The highest BCUT2D eigenvalue weighted by Gasteiger charge is 2.17. The Bertz CT molecular complexity index is 346. The van der Waals surface area contributed by atoms with Gasteiger partial charge in [0.05, 0.1) is 6.33 Å². The molecule has 2 unspecified atom stereocenters. The molecule has 2 heterocycles. The van der Waals surface area contributed by atoms with Gasteiger partial charge in [0.2, 0.25) is 0 Å². The molecule has 4 nitrogen and oxygen atoms in total. The summed E-state index contributed by atoms with van der Waals surface area (Å²) in [6.45, 7) is 4.23. The normalized spacial score (nSPS) is 26.5. The molecule has 1 fully saturated rings. The van der Waals surface area contributed by atoms with Gasteiger partial charge in [-0.3, -0.25) is 4.79 Å². The van der Waals surface area contributed by atoms with Crippen LogP contribution < -0.4 is 10.9 Å². The maximum Gasteiger partial charge on any atom is 0.272 e. The second kappa shape index (κ2) is 4.57. The molecular weight excluding hydrogens is 190 g/mol. The SMILES string of the molecule is CC1CCC(Cn2ccc(=O)nc2)CN1. The molecule has 82 valence electrons. The summed E-state index contributed by atoms with van der Waals surface area (Å²) >= 11 is 0. The molecule has 0 saturated carbocycles. The van der Waals surface area contributed by atoms with E-state index in [1.165, 1.54) is 18.9 Å². The third-order valence-corrected chi connectivity index (χ3v) is 2.97. The van der Waals surface area contributed by atoms with Gasteiger partial charge in [0.15, 0.2) is 0 Å². The number of nitrogens with zero attached hydrogens (tertiary/aromatic N) is 2. The van der Waals surface area contributed by atoms with Crippen molar-refractivity contribution in [3.8, 4) is 0 Å². The first kappa shape index (κ1) is 10.4. The van der Waals surface area contributed by atoms with Crippen LogP contribution in [0, 0.1) is 5.92 Å². The third-order valence-electron chi connectivity index (χ3n) is 2.97. The number of hydrogen-bond donors (Lipinski definition) is 1. The van der Waals surface area contributed by atoms with E-state index in [1.54, 1.807) is 6.33 Å². The van der Waals surface area contributed by atoms with Crippen molar-refractivity contribution in [2.75, 3.05) is 6.54 Å². The topological polar surface area (TPSA) is 46.9 Å². The van der Waals surface area contributed by atoms with E-state index in [4.69, 9.17) is 0 Å². The highest BCUT2D eigenvalue weighted by atomic mass is 16.1. The van der Waals surface area contributed by atoms with Gasteiger partial charge in [0.1, 0.15) is 0 Å². The van der Waals surface area contributed by atoms with Gasteiger partial charge in [-0.25, -0.2) is 0 Å². The molecule has 1 N–H and O–H groups in total. The van der Waals surface area contributed by atoms with Crippen LogP contribution in [-0.2, 0) is 6.54 Å². The number of aromatic nitrogens is 2. The predicted octanol–water partition coefficient (Wildman–Crippen LogP) is 0.631. The van der Waals surface area contributed by atoms with Crippen LogP contribution in [0.2, 0.25) is 0 Å². The van der Waals surface area contributed by atoms with E-state index >= 15 is 0 Å². The zero-order chi connectivity index (χ0) is 10.7. The van der Waals surface area contributed by atoms with Gasteiger partial charge in [-0.1, -0.05) is 0 Å². The average molecular weight is 207 g/mol. The largest absolute Gasteiger partial charge is 0.338 e. The maximum atomic E-state index is 10.8. The number of piperidine rings is 1. The number of rotatable bonds is 2. The zero-order valence-electron chi connectivity index (χ0n) is 9.02. The smallest absolute Gasteiger partial charge is 0.272 e. The first-order valence-corrected chi connectivity index (χ1v) is 5.49. The molecule has 4 heteroatoms. The van der Waals surface area contributed by atoms with Crippen molar-refractivity contribution in [2.24, 2.45) is 5.92 Å². The molecule has 2 atom stereocenters. The Balaban J connectivity index is 1.92. The lowest BCUT2D eigenvalue weighted by molar-refractivity contribution is 0.293. The monoisotopic (exact) mass is 207 g/mol. The lowest BCUT2D eigenvalue weighted by Crippen LogP contribution is -2.38. The Kier molecular flexibility index (Phi) is 3.16. The lowest BCUT2D eigenvalue weighted by atomic mass is 9.95. The van der Waals surface area contributed by atoms with E-state index in [-0.39, 0.29) is 5.56 Å². The van der Waals surface area contributed by atoms with E-state index in [0.717, 1.165) is 13.1 Å². The van der Waals surface area contributed by atoms with Crippen LogP contribution in [0.5, 0.6) is 0 Å². The van der Waals surface area contributed by atoms with Crippen LogP contribution in [0.4, 0.5) is 0 Å². The average Bonchev–Trinajstić information content (AvgIpc) is 2.25. The van der Waals surface area contributed by atoms with Gasteiger partial charge in [0.25, 0.3) is 5.56 Å². The van der Waals surface area contributed by atoms with E-state index in [0.29, 0.717) is 12.0 Å². The van der Waals surface area contributed by atoms with Crippen molar-refractivity contribution in [3.63, 3.8) is 0 Å². The predicted molar refractivity (Wildman–Crippen MR) is 58.7 cm³/mol. The van der Waals surface area contributed by atoms with Gasteiger partial charge in [-0.05, 0) is 32.2 Å². The van der Waals surface area contributed by atoms with Crippen LogP contribution in [0.1, 0.15) is 19.8 Å². The molecule has 1 aromatic heterocycles. The van der Waals surface area contributed by atoms with E-state index < -0.39 is 0 Å². The first-order chi connectivity index (χ1) is 7.24. The summed E-state index contributed by atoms with van der Waals surface area (Å²) in [5, 5.41) is 3.47. The quantitative estimate of drug-likeness (QED) is 0.773. The van der Waals surface area contributed by atoms with Crippen molar-refractivity contribution >= 4 is 0 Å². The fourth-order valence-corrected chi connectivity index (χ4v) is 1.99. The Labute approximate surface area is 89.3 Å². The van der Waals surface area contributed by atoms with Gasteiger partial charge in [-0.2, -0.15) is 4.98 Å². The van der Waals surface area contributed by atoms with E-state index in [2.05, 4.69) is 17.2 Å². The minimum atomic E-state index is -0.165. The van der Waals surface area contributed by atoms with Crippen LogP contribution >= 0.6 is 0 Å². The third kappa shape index (κ3) is 2.89. The summed E-state index contributed by atoms with van der Waals surface area (Å²) in [7, 11) is 0. The Morgan fingerprint density at radius 3 is 3.07 bits per heavy atom.